The van der Waals surface area contributed by atoms with Gasteiger partial charge in [0.2, 0.25) is 0 Å². The van der Waals surface area contributed by atoms with Crippen molar-refractivity contribution >= 4 is 21.8 Å². The van der Waals surface area contributed by atoms with Crippen molar-refractivity contribution in [1.29, 1.82) is 0 Å². The number of benzene rings is 2. The number of amides is 1. The molecule has 0 radical (unpaired) electrons. The molecular weight excluding hydrogens is 330 g/mol. The van der Waals surface area contributed by atoms with Crippen LogP contribution in [0.25, 0.3) is 0 Å². The van der Waals surface area contributed by atoms with Crippen molar-refractivity contribution in [2.24, 2.45) is 0 Å². The molecule has 1 amide bonds. The van der Waals surface area contributed by atoms with Gasteiger partial charge in [-0.3, -0.25) is 4.79 Å². The molecule has 3 nitrogen and oxygen atoms in total. The maximum Gasteiger partial charge on any atom is 0.252 e. The summed E-state index contributed by atoms with van der Waals surface area (Å²) in [5, 5.41) is 12.4. The van der Waals surface area contributed by atoms with Crippen molar-refractivity contribution in [1.82, 2.24) is 5.32 Å². The zero-order valence-corrected chi connectivity index (χ0v) is 13.4. The summed E-state index contributed by atoms with van der Waals surface area (Å²) in [6.45, 7) is 1.85. The van der Waals surface area contributed by atoms with Gasteiger partial charge >= 0.3 is 0 Å². The summed E-state index contributed by atoms with van der Waals surface area (Å²) in [5.41, 5.74) is 2.67. The summed E-state index contributed by atoms with van der Waals surface area (Å²) in [6, 6.07) is 15.1. The van der Waals surface area contributed by atoms with E-state index in [1.807, 2.05) is 49.4 Å². The highest BCUT2D eigenvalue weighted by atomic mass is 79.9. The van der Waals surface area contributed by atoms with Crippen molar-refractivity contribution in [2.75, 3.05) is 6.61 Å². The second-order valence-electron chi connectivity index (χ2n) is 4.98. The lowest BCUT2D eigenvalue weighted by Crippen LogP contribution is -2.39. The Balaban J connectivity index is 2.08. The van der Waals surface area contributed by atoms with Crippen LogP contribution in [0.2, 0.25) is 0 Å². The lowest BCUT2D eigenvalue weighted by Gasteiger charge is -2.17. The first-order valence-electron chi connectivity index (χ1n) is 6.82. The average Bonchev–Trinajstić information content (AvgIpc) is 2.50. The second kappa shape index (κ2) is 7.38. The van der Waals surface area contributed by atoms with Gasteiger partial charge in [-0.2, -0.15) is 0 Å². The highest BCUT2D eigenvalue weighted by Gasteiger charge is 2.16. The number of aliphatic hydroxyl groups is 1. The number of rotatable bonds is 5. The Morgan fingerprint density at radius 2 is 1.90 bits per heavy atom. The Hall–Kier alpha value is -1.65. The summed E-state index contributed by atoms with van der Waals surface area (Å²) in [4.78, 5) is 12.3. The molecule has 2 rings (SSSR count). The number of hydrogen-bond donors (Lipinski definition) is 2. The smallest absolute Gasteiger partial charge is 0.252 e. The highest BCUT2D eigenvalue weighted by molar-refractivity contribution is 9.10. The van der Waals surface area contributed by atoms with Crippen molar-refractivity contribution < 1.29 is 9.90 Å². The molecule has 0 aromatic heterocycles. The van der Waals surface area contributed by atoms with Crippen LogP contribution in [0.15, 0.2) is 53.0 Å². The lowest BCUT2D eigenvalue weighted by atomic mass is 10.1. The molecule has 1 atom stereocenters. The van der Waals surface area contributed by atoms with Crippen LogP contribution in [0.5, 0.6) is 0 Å². The van der Waals surface area contributed by atoms with Crippen LogP contribution in [-0.2, 0) is 6.42 Å². The Labute approximate surface area is 133 Å². The molecule has 0 heterocycles. The SMILES string of the molecule is Cc1cccc(C(=O)NC(CO)Cc2ccccc2)c1Br. The van der Waals surface area contributed by atoms with Crippen molar-refractivity contribution in [2.45, 2.75) is 19.4 Å². The molecule has 0 saturated carbocycles. The van der Waals surface area contributed by atoms with Crippen molar-refractivity contribution in [3.63, 3.8) is 0 Å². The molecule has 0 saturated heterocycles. The molecule has 21 heavy (non-hydrogen) atoms. The Bertz CT molecular complexity index is 613. The van der Waals surface area contributed by atoms with Crippen molar-refractivity contribution in [3.05, 3.63) is 69.7 Å². The predicted molar refractivity (Wildman–Crippen MR) is 87.4 cm³/mol. The first kappa shape index (κ1) is 15.7. The van der Waals surface area contributed by atoms with E-state index >= 15 is 0 Å². The molecule has 2 aromatic rings. The molecule has 4 heteroatoms. The number of carbonyl (C=O) groups excluding carboxylic acids is 1. The van der Waals surface area contributed by atoms with E-state index in [0.717, 1.165) is 15.6 Å². The third-order valence-corrected chi connectivity index (χ3v) is 4.37. The van der Waals surface area contributed by atoms with Crippen LogP contribution in [0.1, 0.15) is 21.5 Å². The maximum absolute atomic E-state index is 12.3. The Morgan fingerprint density at radius 3 is 2.57 bits per heavy atom. The molecular formula is C17H18BrNO2. The number of halogens is 1. The summed E-state index contributed by atoms with van der Waals surface area (Å²) >= 11 is 3.44. The van der Waals surface area contributed by atoms with Gasteiger partial charge in [0.15, 0.2) is 0 Å². The second-order valence-corrected chi connectivity index (χ2v) is 5.77. The van der Waals surface area contributed by atoms with Gasteiger partial charge in [0.1, 0.15) is 0 Å². The van der Waals surface area contributed by atoms with E-state index in [2.05, 4.69) is 21.2 Å². The molecule has 0 aliphatic heterocycles. The molecule has 0 bridgehead atoms. The van der Waals surface area contributed by atoms with Crippen LogP contribution in [0, 0.1) is 6.92 Å². The van der Waals surface area contributed by atoms with Gasteiger partial charge in [0, 0.05) is 4.47 Å². The fourth-order valence-electron chi connectivity index (χ4n) is 2.15. The lowest BCUT2D eigenvalue weighted by molar-refractivity contribution is 0.0915. The van der Waals surface area contributed by atoms with Crippen LogP contribution < -0.4 is 5.32 Å². The standard InChI is InChI=1S/C17H18BrNO2/c1-12-6-5-9-15(16(12)18)17(21)19-14(11-20)10-13-7-3-2-4-8-13/h2-9,14,20H,10-11H2,1H3,(H,19,21). The largest absolute Gasteiger partial charge is 0.394 e. The van der Waals surface area contributed by atoms with E-state index in [-0.39, 0.29) is 18.6 Å². The topological polar surface area (TPSA) is 49.3 Å². The minimum Gasteiger partial charge on any atom is -0.394 e. The third-order valence-electron chi connectivity index (χ3n) is 3.32. The van der Waals surface area contributed by atoms with Gasteiger partial charge in [-0.05, 0) is 46.5 Å². The van der Waals surface area contributed by atoms with Gasteiger partial charge < -0.3 is 10.4 Å². The van der Waals surface area contributed by atoms with Crippen LogP contribution in [0.4, 0.5) is 0 Å². The number of carbonyl (C=O) groups is 1. The number of nitrogens with one attached hydrogen (secondary N) is 1. The summed E-state index contributed by atoms with van der Waals surface area (Å²) < 4.78 is 0.791. The molecule has 0 spiro atoms. The van der Waals surface area contributed by atoms with Gasteiger partial charge in [-0.25, -0.2) is 0 Å². The van der Waals surface area contributed by atoms with Crippen LogP contribution in [0.3, 0.4) is 0 Å². The molecule has 1 unspecified atom stereocenters. The minimum atomic E-state index is -0.299. The monoisotopic (exact) mass is 347 g/mol. The molecule has 0 aliphatic rings. The van der Waals surface area contributed by atoms with Gasteiger partial charge in [0.25, 0.3) is 5.91 Å². The summed E-state index contributed by atoms with van der Waals surface area (Å²) in [6.07, 6.45) is 0.604. The molecule has 110 valence electrons. The molecule has 2 aromatic carbocycles. The average molecular weight is 348 g/mol. The van der Waals surface area contributed by atoms with E-state index in [9.17, 15) is 9.90 Å². The zero-order chi connectivity index (χ0) is 15.2. The summed E-state index contributed by atoms with van der Waals surface area (Å²) in [7, 11) is 0. The summed E-state index contributed by atoms with van der Waals surface area (Å²) in [5.74, 6) is -0.180. The molecule has 0 fully saturated rings. The van der Waals surface area contributed by atoms with E-state index in [0.29, 0.717) is 12.0 Å². The van der Waals surface area contributed by atoms with Gasteiger partial charge in [0.05, 0.1) is 18.2 Å². The minimum absolute atomic E-state index is 0.0932. The van der Waals surface area contributed by atoms with Crippen LogP contribution in [-0.4, -0.2) is 23.7 Å². The zero-order valence-electron chi connectivity index (χ0n) is 11.8. The first-order valence-corrected chi connectivity index (χ1v) is 7.62. The van der Waals surface area contributed by atoms with Crippen molar-refractivity contribution in [3.8, 4) is 0 Å². The number of aliphatic hydroxyl groups excluding tert-OH is 1. The Morgan fingerprint density at radius 1 is 1.19 bits per heavy atom. The van der Waals surface area contributed by atoms with Gasteiger partial charge in [-0.1, -0.05) is 42.5 Å². The first-order chi connectivity index (χ1) is 10.1. The van der Waals surface area contributed by atoms with E-state index in [4.69, 9.17) is 0 Å². The normalized spacial score (nSPS) is 12.0. The maximum atomic E-state index is 12.3. The van der Waals surface area contributed by atoms with Gasteiger partial charge in [-0.15, -0.1) is 0 Å². The highest BCUT2D eigenvalue weighted by Crippen LogP contribution is 2.21. The Kier molecular flexibility index (Phi) is 5.53. The molecule has 2 N–H and O–H groups in total. The van der Waals surface area contributed by atoms with E-state index < -0.39 is 0 Å². The number of aryl methyl sites for hydroxylation is 1. The fraction of sp³-hybridized carbons (Fsp3) is 0.235. The van der Waals surface area contributed by atoms with E-state index in [1.165, 1.54) is 0 Å². The predicted octanol–water partition coefficient (Wildman–Crippen LogP) is 3.09. The number of hydrogen-bond acceptors (Lipinski definition) is 2. The molecule has 0 aliphatic carbocycles. The van der Waals surface area contributed by atoms with E-state index in [1.54, 1.807) is 6.07 Å². The fourth-order valence-corrected chi connectivity index (χ4v) is 2.59. The third kappa shape index (κ3) is 4.16. The van der Waals surface area contributed by atoms with Crippen LogP contribution >= 0.6 is 15.9 Å². The quantitative estimate of drug-likeness (QED) is 0.872.